The van der Waals surface area contributed by atoms with Crippen LogP contribution in [0, 0.1) is 0 Å². The Balaban J connectivity index is 1.54. The van der Waals surface area contributed by atoms with Crippen molar-refractivity contribution < 1.29 is 10.2 Å². The summed E-state index contributed by atoms with van der Waals surface area (Å²) in [5.74, 6) is 1.88. The summed E-state index contributed by atoms with van der Waals surface area (Å²) in [4.78, 5) is 37.8. The molecule has 8 bridgehead atoms. The number of rotatable bonds is 1. The molecular weight excluding hydrogens is 528 g/mol. The van der Waals surface area contributed by atoms with Gasteiger partial charge in [0.25, 0.3) is 0 Å². The lowest BCUT2D eigenvalue weighted by Gasteiger charge is -2.00. The number of hydrogen-bond acceptors (Lipinski definition) is 8. The van der Waals surface area contributed by atoms with Crippen molar-refractivity contribution in [2.24, 2.45) is 0 Å². The highest BCUT2D eigenvalue weighted by atomic mass is 17.2. The Morgan fingerprint density at radius 1 is 0.452 bits per heavy atom. The summed E-state index contributed by atoms with van der Waals surface area (Å²) in [5.41, 5.74) is 5.21. The minimum atomic E-state index is 0.335. The van der Waals surface area contributed by atoms with Crippen molar-refractivity contribution >= 4 is 44.1 Å². The summed E-state index contributed by atoms with van der Waals surface area (Å²) in [6.45, 7) is 0. The van der Waals surface area contributed by atoms with Crippen LogP contribution in [-0.2, 0) is 0 Å². The Morgan fingerprint density at radius 2 is 0.810 bits per heavy atom. The van der Waals surface area contributed by atoms with E-state index in [0.717, 1.165) is 43.8 Å². The second kappa shape index (κ2) is 8.50. The third-order valence-corrected chi connectivity index (χ3v) is 7.65. The summed E-state index contributed by atoms with van der Waals surface area (Å²) >= 11 is 0. The monoisotopic (exact) mass is 546 g/mol. The molecule has 10 heteroatoms. The molecule has 0 fully saturated rings. The molecule has 0 unspecified atom stereocenters. The lowest BCUT2D eigenvalue weighted by molar-refractivity contribution is -0.235. The van der Waals surface area contributed by atoms with Gasteiger partial charge in [0.05, 0.1) is 0 Å². The smallest absolute Gasteiger partial charge is 0.184 e. The van der Waals surface area contributed by atoms with Crippen LogP contribution in [0.1, 0.15) is 0 Å². The predicted molar refractivity (Wildman–Crippen MR) is 159 cm³/mol. The Bertz CT molecular complexity index is 2270. The molecule has 0 atom stereocenters. The summed E-state index contributed by atoms with van der Waals surface area (Å²) in [5, 5.41) is 13.4. The fourth-order valence-corrected chi connectivity index (χ4v) is 5.74. The van der Waals surface area contributed by atoms with Crippen LogP contribution in [0.25, 0.3) is 89.7 Å². The first-order valence-corrected chi connectivity index (χ1v) is 13.3. The normalized spacial score (nSPS) is 11.9. The maximum Gasteiger partial charge on any atom is 0.184 e. The number of nitrogens with one attached hydrogen (secondary N) is 1. The number of H-pyrrole nitrogens is 1. The maximum absolute atomic E-state index is 10.2. The molecule has 42 heavy (non-hydrogen) atoms. The maximum atomic E-state index is 10.2. The van der Waals surface area contributed by atoms with E-state index in [1.807, 2.05) is 97.1 Å². The van der Waals surface area contributed by atoms with Gasteiger partial charge >= 0.3 is 0 Å². The van der Waals surface area contributed by atoms with Gasteiger partial charge in [-0.3, -0.25) is 0 Å². The Kier molecular flexibility index (Phi) is 4.61. The molecule has 10 nitrogen and oxygen atoms in total. The summed E-state index contributed by atoms with van der Waals surface area (Å²) in [6.07, 6.45) is 0. The molecule has 0 amide bonds. The van der Waals surface area contributed by atoms with E-state index in [2.05, 4.69) is 4.98 Å². The average molecular weight is 547 g/mol. The van der Waals surface area contributed by atoms with Gasteiger partial charge in [0.2, 0.25) is 0 Å². The second-order valence-electron chi connectivity index (χ2n) is 9.99. The topological polar surface area (TPSA) is 128 Å². The number of benzene rings is 4. The molecule has 0 radical (unpaired) electrons. The molecule has 3 aromatic heterocycles. The molecule has 0 aliphatic carbocycles. The van der Waals surface area contributed by atoms with Crippen molar-refractivity contribution in [3.05, 3.63) is 97.1 Å². The van der Waals surface area contributed by atoms with Gasteiger partial charge in [-0.25, -0.2) is 34.9 Å². The fourth-order valence-electron chi connectivity index (χ4n) is 5.74. The molecule has 2 N–H and O–H groups in total. The average Bonchev–Trinajstić information content (AvgIpc) is 3.75. The van der Waals surface area contributed by atoms with E-state index in [1.165, 1.54) is 4.73 Å². The highest BCUT2D eigenvalue weighted by Gasteiger charge is 2.23. The Hall–Kier alpha value is -6.00. The van der Waals surface area contributed by atoms with Gasteiger partial charge in [-0.05, 0) is 0 Å². The van der Waals surface area contributed by atoms with Crippen LogP contribution in [0.3, 0.4) is 0 Å². The van der Waals surface area contributed by atoms with Gasteiger partial charge in [0, 0.05) is 43.8 Å². The van der Waals surface area contributed by atoms with Crippen molar-refractivity contribution in [3.8, 4) is 45.6 Å². The van der Waals surface area contributed by atoms with Gasteiger partial charge in [-0.15, -0.1) is 4.73 Å². The minimum absolute atomic E-state index is 0.335. The number of nitrogens with zero attached hydrogens (tertiary/aromatic N) is 7. The van der Waals surface area contributed by atoms with E-state index in [1.54, 1.807) is 0 Å². The third-order valence-electron chi connectivity index (χ3n) is 7.65. The molecular formula is C32H18N8O2. The van der Waals surface area contributed by atoms with Crippen LogP contribution in [0.15, 0.2) is 97.1 Å². The first kappa shape index (κ1) is 22.8. The highest BCUT2D eigenvalue weighted by Crippen LogP contribution is 2.37. The standard InChI is InChI=1S/C32H18N8O2/c41-42-40-31-23-15-7-8-16-24(23)32(40)39-30-22-14-6-4-12-20(22)28(37-30)35-26-18-10-2-1-9-17(18)25(33-26)34-27-19-11-3-5-13-21(19)29(36-27)38-31/h1-16,41H,(H,33,34,35,36,37,38,39). The molecule has 0 saturated carbocycles. The number of hydrogen-bond donors (Lipinski definition) is 2. The van der Waals surface area contributed by atoms with E-state index < -0.39 is 0 Å². The quantitative estimate of drug-likeness (QED) is 0.183. The van der Waals surface area contributed by atoms with Gasteiger partial charge in [-0.1, -0.05) is 97.1 Å². The molecule has 2 aliphatic heterocycles. The lowest BCUT2D eigenvalue weighted by Crippen LogP contribution is -2.07. The van der Waals surface area contributed by atoms with Crippen LogP contribution in [0.5, 0.6) is 0 Å². The predicted octanol–water partition coefficient (Wildman–Crippen LogP) is 6.24. The van der Waals surface area contributed by atoms with Crippen LogP contribution in [0.4, 0.5) is 0 Å². The Morgan fingerprint density at radius 3 is 1.21 bits per heavy atom. The van der Waals surface area contributed by atoms with Crippen LogP contribution < -0.4 is 4.99 Å². The minimum Gasteiger partial charge on any atom is -0.324 e. The second-order valence-corrected chi connectivity index (χ2v) is 9.99. The van der Waals surface area contributed by atoms with Crippen LogP contribution >= 0.6 is 0 Å². The molecule has 4 aromatic carbocycles. The molecule has 198 valence electrons. The summed E-state index contributed by atoms with van der Waals surface area (Å²) in [6, 6.07) is 31.1. The number of aromatic nitrogens is 8. The fraction of sp³-hybridized carbons (Fsp3) is 0. The molecule has 7 aromatic rings. The third kappa shape index (κ3) is 3.17. The highest BCUT2D eigenvalue weighted by molar-refractivity contribution is 6.06. The first-order chi connectivity index (χ1) is 20.8. The zero-order valence-corrected chi connectivity index (χ0v) is 21.7. The zero-order chi connectivity index (χ0) is 27.8. The lowest BCUT2D eigenvalue weighted by atomic mass is 10.1. The van der Waals surface area contributed by atoms with Crippen molar-refractivity contribution in [2.75, 3.05) is 0 Å². The van der Waals surface area contributed by atoms with E-state index >= 15 is 0 Å². The first-order valence-electron chi connectivity index (χ1n) is 13.3. The number of aromatic amines is 1. The van der Waals surface area contributed by atoms with Crippen molar-refractivity contribution in [1.82, 2.24) is 39.6 Å². The summed E-state index contributed by atoms with van der Waals surface area (Å²) < 4.78 is 1.20. The van der Waals surface area contributed by atoms with E-state index in [9.17, 15) is 5.26 Å². The van der Waals surface area contributed by atoms with Crippen LogP contribution in [0.2, 0.25) is 0 Å². The van der Waals surface area contributed by atoms with Gasteiger partial charge in [0.15, 0.2) is 34.6 Å². The van der Waals surface area contributed by atoms with E-state index in [0.29, 0.717) is 45.9 Å². The largest absolute Gasteiger partial charge is 0.324 e. The summed E-state index contributed by atoms with van der Waals surface area (Å²) in [7, 11) is 0. The van der Waals surface area contributed by atoms with Gasteiger partial charge in [-0.2, -0.15) is 5.26 Å². The SMILES string of the molecule is OOn1c2nc3nc(nc4[nH]c(nc5nc(nc1c1ccccc12)-c1ccccc1-5)c1ccccc41)-c1ccccc1-3. The molecule has 0 spiro atoms. The van der Waals surface area contributed by atoms with Crippen molar-refractivity contribution in [1.29, 1.82) is 0 Å². The molecule has 5 heterocycles. The van der Waals surface area contributed by atoms with Gasteiger partial charge < -0.3 is 4.98 Å². The molecule has 2 aliphatic rings. The van der Waals surface area contributed by atoms with E-state index in [4.69, 9.17) is 34.9 Å². The molecule has 0 saturated heterocycles. The Labute approximate surface area is 236 Å². The van der Waals surface area contributed by atoms with Gasteiger partial charge in [0.1, 0.15) is 11.3 Å². The number of fused-ring (bicyclic) bond motifs is 20. The van der Waals surface area contributed by atoms with Crippen molar-refractivity contribution in [3.63, 3.8) is 0 Å². The van der Waals surface area contributed by atoms with E-state index in [-0.39, 0.29) is 0 Å². The van der Waals surface area contributed by atoms with Crippen LogP contribution in [-0.4, -0.2) is 44.9 Å². The van der Waals surface area contributed by atoms with Crippen molar-refractivity contribution in [2.45, 2.75) is 0 Å². The molecule has 9 rings (SSSR count). The zero-order valence-electron chi connectivity index (χ0n) is 21.7.